The third-order valence-corrected chi connectivity index (χ3v) is 4.22. The van der Waals surface area contributed by atoms with Crippen LogP contribution in [0.1, 0.15) is 19.5 Å². The van der Waals surface area contributed by atoms with Gasteiger partial charge in [-0.05, 0) is 33.0 Å². The van der Waals surface area contributed by atoms with E-state index in [-0.39, 0.29) is 0 Å². The number of nitrogens with zero attached hydrogens (tertiary/aromatic N) is 3. The molecule has 0 aliphatic carbocycles. The van der Waals surface area contributed by atoms with Gasteiger partial charge < -0.3 is 5.43 Å². The Labute approximate surface area is 119 Å². The fourth-order valence-corrected chi connectivity index (χ4v) is 2.70. The Hall–Kier alpha value is -0.880. The van der Waals surface area contributed by atoms with Crippen molar-refractivity contribution >= 4 is 17.4 Å². The molecule has 2 atom stereocenters. The van der Waals surface area contributed by atoms with Gasteiger partial charge in [0.1, 0.15) is 5.82 Å². The number of hydrogen-bond donors (Lipinski definition) is 2. The fraction of sp³-hybridized carbons (Fsp3) is 0.615. The van der Waals surface area contributed by atoms with Crippen LogP contribution < -0.4 is 11.3 Å². The second kappa shape index (κ2) is 6.05. The van der Waals surface area contributed by atoms with E-state index < -0.39 is 0 Å². The minimum Gasteiger partial charge on any atom is -0.308 e. The Morgan fingerprint density at radius 1 is 1.37 bits per heavy atom. The lowest BCUT2D eigenvalue weighted by Crippen LogP contribution is -2.54. The summed E-state index contributed by atoms with van der Waals surface area (Å²) in [5.41, 5.74) is 3.44. The first-order valence-corrected chi connectivity index (χ1v) is 6.95. The predicted octanol–water partition coefficient (Wildman–Crippen LogP) is 1.54. The SMILES string of the molecule is CC1CN(Cc2nc(NN)ccc2Cl)CC(C)N1C. The third kappa shape index (κ3) is 3.36. The maximum Gasteiger partial charge on any atom is 0.140 e. The molecule has 6 heteroatoms. The van der Waals surface area contributed by atoms with E-state index in [1.54, 1.807) is 6.07 Å². The Bertz CT molecular complexity index is 427. The number of aromatic nitrogens is 1. The van der Waals surface area contributed by atoms with Gasteiger partial charge in [0.15, 0.2) is 0 Å². The highest BCUT2D eigenvalue weighted by molar-refractivity contribution is 6.31. The van der Waals surface area contributed by atoms with Crippen molar-refractivity contribution in [1.82, 2.24) is 14.8 Å². The molecule has 2 rings (SSSR count). The van der Waals surface area contributed by atoms with Crippen LogP contribution in [0, 0.1) is 0 Å². The summed E-state index contributed by atoms with van der Waals surface area (Å²) in [6.45, 7) is 7.31. The lowest BCUT2D eigenvalue weighted by Gasteiger charge is -2.42. The molecule has 0 amide bonds. The number of nitrogens with one attached hydrogen (secondary N) is 1. The van der Waals surface area contributed by atoms with Gasteiger partial charge in [-0.15, -0.1) is 0 Å². The standard InChI is InChI=1S/C13H22ClN5/c1-9-6-19(7-10(2)18(9)3)8-12-11(14)4-5-13(16-12)17-15/h4-5,9-10H,6-8,15H2,1-3H3,(H,16,17). The monoisotopic (exact) mass is 283 g/mol. The van der Waals surface area contributed by atoms with Crippen LogP contribution in [-0.4, -0.2) is 47.0 Å². The van der Waals surface area contributed by atoms with E-state index in [0.29, 0.717) is 22.9 Å². The Morgan fingerprint density at radius 3 is 2.58 bits per heavy atom. The van der Waals surface area contributed by atoms with E-state index in [9.17, 15) is 0 Å². The number of likely N-dealkylation sites (N-methyl/N-ethyl adjacent to an activating group) is 1. The smallest absolute Gasteiger partial charge is 0.140 e. The molecule has 1 aromatic rings. The molecule has 1 saturated heterocycles. The highest BCUT2D eigenvalue weighted by atomic mass is 35.5. The van der Waals surface area contributed by atoms with Crippen molar-refractivity contribution in [3.8, 4) is 0 Å². The molecule has 0 saturated carbocycles. The maximum atomic E-state index is 6.21. The summed E-state index contributed by atoms with van der Waals surface area (Å²) >= 11 is 6.21. The molecule has 0 radical (unpaired) electrons. The van der Waals surface area contributed by atoms with Gasteiger partial charge in [0, 0.05) is 31.7 Å². The van der Waals surface area contributed by atoms with Crippen molar-refractivity contribution in [3.05, 3.63) is 22.8 Å². The van der Waals surface area contributed by atoms with Crippen molar-refractivity contribution in [2.75, 3.05) is 25.6 Å². The first kappa shape index (κ1) is 14.5. The summed E-state index contributed by atoms with van der Waals surface area (Å²) in [5, 5.41) is 0.693. The molecule has 5 nitrogen and oxygen atoms in total. The lowest BCUT2D eigenvalue weighted by atomic mass is 10.1. The van der Waals surface area contributed by atoms with Gasteiger partial charge in [0.25, 0.3) is 0 Å². The minimum absolute atomic E-state index is 0.540. The molecule has 0 aromatic carbocycles. The summed E-state index contributed by atoms with van der Waals surface area (Å²) in [5.74, 6) is 6.04. The fourth-order valence-electron chi connectivity index (χ4n) is 2.53. The van der Waals surface area contributed by atoms with Crippen molar-refractivity contribution in [1.29, 1.82) is 0 Å². The Morgan fingerprint density at radius 2 is 2.00 bits per heavy atom. The van der Waals surface area contributed by atoms with Crippen LogP contribution in [-0.2, 0) is 6.54 Å². The van der Waals surface area contributed by atoms with E-state index in [2.05, 4.69) is 41.1 Å². The van der Waals surface area contributed by atoms with Crippen LogP contribution in [0.3, 0.4) is 0 Å². The zero-order valence-electron chi connectivity index (χ0n) is 11.7. The molecule has 1 fully saturated rings. The second-order valence-electron chi connectivity index (χ2n) is 5.33. The lowest BCUT2D eigenvalue weighted by molar-refractivity contribution is 0.0550. The number of pyridine rings is 1. The van der Waals surface area contributed by atoms with Crippen molar-refractivity contribution in [3.63, 3.8) is 0 Å². The Balaban J connectivity index is 2.09. The van der Waals surface area contributed by atoms with Crippen LogP contribution in [0.15, 0.2) is 12.1 Å². The minimum atomic E-state index is 0.540. The van der Waals surface area contributed by atoms with Crippen LogP contribution in [0.5, 0.6) is 0 Å². The summed E-state index contributed by atoms with van der Waals surface area (Å²) in [6, 6.07) is 4.69. The highest BCUT2D eigenvalue weighted by Crippen LogP contribution is 2.21. The van der Waals surface area contributed by atoms with Crippen LogP contribution >= 0.6 is 11.6 Å². The highest BCUT2D eigenvalue weighted by Gasteiger charge is 2.26. The number of hydrogen-bond acceptors (Lipinski definition) is 5. The number of nitrogen functional groups attached to an aromatic ring is 1. The Kier molecular flexibility index (Phi) is 4.62. The van der Waals surface area contributed by atoms with Crippen LogP contribution in [0.25, 0.3) is 0 Å². The van der Waals surface area contributed by atoms with E-state index in [1.165, 1.54) is 0 Å². The largest absolute Gasteiger partial charge is 0.308 e. The van der Waals surface area contributed by atoms with Gasteiger partial charge in [-0.25, -0.2) is 10.8 Å². The summed E-state index contributed by atoms with van der Waals surface area (Å²) in [6.07, 6.45) is 0. The number of halogens is 1. The van der Waals surface area contributed by atoms with Gasteiger partial charge in [0.2, 0.25) is 0 Å². The molecule has 1 aromatic heterocycles. The van der Waals surface area contributed by atoms with Gasteiger partial charge >= 0.3 is 0 Å². The molecule has 3 N–H and O–H groups in total. The molecule has 106 valence electrons. The molecule has 2 heterocycles. The van der Waals surface area contributed by atoms with Gasteiger partial charge in [0.05, 0.1) is 10.7 Å². The molecule has 2 unspecified atom stereocenters. The maximum absolute atomic E-state index is 6.21. The van der Waals surface area contributed by atoms with Crippen molar-refractivity contribution in [2.24, 2.45) is 5.84 Å². The molecule has 0 bridgehead atoms. The van der Waals surface area contributed by atoms with Gasteiger partial charge in [-0.1, -0.05) is 11.6 Å². The van der Waals surface area contributed by atoms with E-state index in [4.69, 9.17) is 17.4 Å². The zero-order valence-corrected chi connectivity index (χ0v) is 12.5. The number of piperazine rings is 1. The van der Waals surface area contributed by atoms with Crippen LogP contribution in [0.2, 0.25) is 5.02 Å². The normalized spacial score (nSPS) is 25.5. The van der Waals surface area contributed by atoms with E-state index in [1.807, 2.05) is 6.07 Å². The molecule has 19 heavy (non-hydrogen) atoms. The number of anilines is 1. The van der Waals surface area contributed by atoms with Gasteiger partial charge in [-0.2, -0.15) is 0 Å². The number of hydrazine groups is 1. The topological polar surface area (TPSA) is 57.4 Å². The molecule has 1 aliphatic rings. The second-order valence-corrected chi connectivity index (χ2v) is 5.73. The number of nitrogens with two attached hydrogens (primary N) is 1. The van der Waals surface area contributed by atoms with E-state index in [0.717, 1.165) is 25.3 Å². The summed E-state index contributed by atoms with van der Waals surface area (Å²) < 4.78 is 0. The molecule has 0 spiro atoms. The quantitative estimate of drug-likeness (QED) is 0.651. The summed E-state index contributed by atoms with van der Waals surface area (Å²) in [7, 11) is 2.18. The summed E-state index contributed by atoms with van der Waals surface area (Å²) in [4.78, 5) is 9.23. The first-order valence-electron chi connectivity index (χ1n) is 6.57. The van der Waals surface area contributed by atoms with Gasteiger partial charge in [-0.3, -0.25) is 9.80 Å². The zero-order chi connectivity index (χ0) is 14.0. The average molecular weight is 284 g/mol. The van der Waals surface area contributed by atoms with Crippen molar-refractivity contribution < 1.29 is 0 Å². The molecular weight excluding hydrogens is 262 g/mol. The number of rotatable bonds is 3. The predicted molar refractivity (Wildman–Crippen MR) is 79.0 cm³/mol. The van der Waals surface area contributed by atoms with E-state index >= 15 is 0 Å². The molecule has 1 aliphatic heterocycles. The van der Waals surface area contributed by atoms with Crippen LogP contribution in [0.4, 0.5) is 5.82 Å². The third-order valence-electron chi connectivity index (χ3n) is 3.88. The van der Waals surface area contributed by atoms with Crippen molar-refractivity contribution in [2.45, 2.75) is 32.5 Å². The average Bonchev–Trinajstić information content (AvgIpc) is 2.38. The molecular formula is C13H22ClN5. The first-order chi connectivity index (χ1) is 9.01.